The Balaban J connectivity index is 2.41. The largest absolute Gasteiger partial charge is 0.376 e. The Kier molecular flexibility index (Phi) is 5.72. The normalized spacial score (nSPS) is 9.89. The zero-order valence-electron chi connectivity index (χ0n) is 10.9. The van der Waals surface area contributed by atoms with E-state index < -0.39 is 0 Å². The molecule has 0 heterocycles. The van der Waals surface area contributed by atoms with E-state index >= 15 is 0 Å². The summed E-state index contributed by atoms with van der Waals surface area (Å²) in [5.74, 6) is 0.372. The molecule has 1 aromatic carbocycles. The lowest BCUT2D eigenvalue weighted by atomic mass is 10.0. The Morgan fingerprint density at radius 3 is 2.89 bits per heavy atom. The van der Waals surface area contributed by atoms with Crippen LogP contribution in [0.3, 0.4) is 0 Å². The maximum Gasteiger partial charge on any atom is 0.239 e. The molecular formula is C14H19N3O. The standard InChI is InChI=1S/C14H19N3O/c1-11(2)12-5-3-6-13(9-12)17-10-14(18)16-8-4-7-15/h3,5-6,9,11,17H,4,8,10H2,1-2H3,(H,16,18). The summed E-state index contributed by atoms with van der Waals surface area (Å²) in [6.45, 7) is 4.90. The van der Waals surface area contributed by atoms with Gasteiger partial charge in [0, 0.05) is 12.2 Å². The SMILES string of the molecule is CC(C)c1cccc(NCC(=O)NCCC#N)c1. The molecule has 0 aliphatic carbocycles. The molecule has 0 saturated heterocycles. The molecule has 0 saturated carbocycles. The van der Waals surface area contributed by atoms with E-state index in [9.17, 15) is 4.79 Å². The van der Waals surface area contributed by atoms with Crippen molar-refractivity contribution >= 4 is 11.6 Å². The monoisotopic (exact) mass is 245 g/mol. The van der Waals surface area contributed by atoms with Gasteiger partial charge < -0.3 is 10.6 Å². The molecule has 96 valence electrons. The summed E-state index contributed by atoms with van der Waals surface area (Å²) in [6, 6.07) is 10.0. The molecule has 0 aromatic heterocycles. The number of carbonyl (C=O) groups excluding carboxylic acids is 1. The zero-order valence-corrected chi connectivity index (χ0v) is 10.9. The summed E-state index contributed by atoms with van der Waals surface area (Å²) < 4.78 is 0. The van der Waals surface area contributed by atoms with Gasteiger partial charge in [-0.05, 0) is 23.6 Å². The Hall–Kier alpha value is -2.02. The maximum absolute atomic E-state index is 11.4. The summed E-state index contributed by atoms with van der Waals surface area (Å²) in [5, 5.41) is 14.1. The third-order valence-corrected chi connectivity index (χ3v) is 2.57. The van der Waals surface area contributed by atoms with Crippen LogP contribution in [0, 0.1) is 11.3 Å². The van der Waals surface area contributed by atoms with Crippen LogP contribution < -0.4 is 10.6 Å². The molecule has 0 aliphatic rings. The first-order chi connectivity index (χ1) is 8.63. The van der Waals surface area contributed by atoms with Crippen LogP contribution in [0.1, 0.15) is 31.7 Å². The highest BCUT2D eigenvalue weighted by molar-refractivity contribution is 5.80. The third kappa shape index (κ3) is 4.88. The van der Waals surface area contributed by atoms with Gasteiger partial charge in [0.1, 0.15) is 0 Å². The van der Waals surface area contributed by atoms with Gasteiger partial charge in [0.05, 0.1) is 19.0 Å². The molecule has 0 radical (unpaired) electrons. The second-order valence-corrected chi connectivity index (χ2v) is 4.39. The highest BCUT2D eigenvalue weighted by atomic mass is 16.1. The second kappa shape index (κ2) is 7.33. The van der Waals surface area contributed by atoms with Crippen LogP contribution in [-0.4, -0.2) is 19.0 Å². The van der Waals surface area contributed by atoms with Gasteiger partial charge in [-0.3, -0.25) is 4.79 Å². The average molecular weight is 245 g/mol. The molecule has 4 heteroatoms. The predicted molar refractivity (Wildman–Crippen MR) is 72.3 cm³/mol. The summed E-state index contributed by atoms with van der Waals surface area (Å²) in [7, 11) is 0. The molecule has 0 spiro atoms. The first-order valence-electron chi connectivity index (χ1n) is 6.11. The van der Waals surface area contributed by atoms with E-state index in [1.165, 1.54) is 5.56 Å². The lowest BCUT2D eigenvalue weighted by Gasteiger charge is -2.10. The number of benzene rings is 1. The minimum absolute atomic E-state index is 0.0970. The molecule has 4 nitrogen and oxygen atoms in total. The topological polar surface area (TPSA) is 64.9 Å². The van der Waals surface area contributed by atoms with Crippen LogP contribution in [0.4, 0.5) is 5.69 Å². The average Bonchev–Trinajstić information content (AvgIpc) is 2.37. The second-order valence-electron chi connectivity index (χ2n) is 4.39. The molecule has 1 aromatic rings. The number of anilines is 1. The molecule has 2 N–H and O–H groups in total. The number of nitrogens with zero attached hydrogens (tertiary/aromatic N) is 1. The number of carbonyl (C=O) groups is 1. The number of hydrogen-bond donors (Lipinski definition) is 2. The molecule has 0 unspecified atom stereocenters. The number of hydrogen-bond acceptors (Lipinski definition) is 3. The van der Waals surface area contributed by atoms with Crippen molar-refractivity contribution in [2.45, 2.75) is 26.2 Å². The molecule has 0 aliphatic heterocycles. The fourth-order valence-electron chi connectivity index (χ4n) is 1.51. The van der Waals surface area contributed by atoms with Gasteiger partial charge in [-0.15, -0.1) is 0 Å². The molecular weight excluding hydrogens is 226 g/mol. The van der Waals surface area contributed by atoms with Crippen molar-refractivity contribution in [2.75, 3.05) is 18.4 Å². The summed E-state index contributed by atoms with van der Waals surface area (Å²) in [4.78, 5) is 11.4. The molecule has 1 rings (SSSR count). The van der Waals surface area contributed by atoms with Gasteiger partial charge in [-0.2, -0.15) is 5.26 Å². The Labute approximate surface area is 108 Å². The van der Waals surface area contributed by atoms with Gasteiger partial charge in [-0.25, -0.2) is 0 Å². The third-order valence-electron chi connectivity index (χ3n) is 2.57. The fraction of sp³-hybridized carbons (Fsp3) is 0.429. The number of amides is 1. The van der Waals surface area contributed by atoms with Gasteiger partial charge in [-0.1, -0.05) is 26.0 Å². The first-order valence-corrected chi connectivity index (χ1v) is 6.11. The minimum Gasteiger partial charge on any atom is -0.376 e. The Morgan fingerprint density at radius 1 is 1.44 bits per heavy atom. The van der Waals surface area contributed by atoms with Crippen molar-refractivity contribution < 1.29 is 4.79 Å². The number of rotatable bonds is 6. The van der Waals surface area contributed by atoms with E-state index in [0.717, 1.165) is 5.69 Å². The van der Waals surface area contributed by atoms with Crippen LogP contribution in [-0.2, 0) is 4.79 Å². The maximum atomic E-state index is 11.4. The van der Waals surface area contributed by atoms with Crippen LogP contribution in [0.2, 0.25) is 0 Å². The molecule has 18 heavy (non-hydrogen) atoms. The van der Waals surface area contributed by atoms with Gasteiger partial charge >= 0.3 is 0 Å². The fourth-order valence-corrected chi connectivity index (χ4v) is 1.51. The molecule has 0 atom stereocenters. The van der Waals surface area contributed by atoms with Crippen LogP contribution >= 0.6 is 0 Å². The predicted octanol–water partition coefficient (Wildman–Crippen LogP) is 2.25. The molecule has 0 fully saturated rings. The van der Waals surface area contributed by atoms with Gasteiger partial charge in [0.15, 0.2) is 0 Å². The van der Waals surface area contributed by atoms with Crippen molar-refractivity contribution in [1.82, 2.24) is 5.32 Å². The van der Waals surface area contributed by atoms with Crippen molar-refractivity contribution in [3.05, 3.63) is 29.8 Å². The quantitative estimate of drug-likeness (QED) is 0.755. The van der Waals surface area contributed by atoms with Gasteiger partial charge in [0.25, 0.3) is 0 Å². The first kappa shape index (κ1) is 14.0. The van der Waals surface area contributed by atoms with Crippen LogP contribution in [0.25, 0.3) is 0 Å². The zero-order chi connectivity index (χ0) is 13.4. The molecule has 0 bridgehead atoms. The van der Waals surface area contributed by atoms with E-state index in [-0.39, 0.29) is 12.5 Å². The van der Waals surface area contributed by atoms with Crippen LogP contribution in [0.15, 0.2) is 24.3 Å². The lowest BCUT2D eigenvalue weighted by Crippen LogP contribution is -2.30. The lowest BCUT2D eigenvalue weighted by molar-refractivity contribution is -0.119. The van der Waals surface area contributed by atoms with Crippen molar-refractivity contribution in [1.29, 1.82) is 5.26 Å². The van der Waals surface area contributed by atoms with Crippen LogP contribution in [0.5, 0.6) is 0 Å². The van der Waals surface area contributed by atoms with E-state index in [1.807, 2.05) is 24.3 Å². The Bertz CT molecular complexity index is 435. The van der Waals surface area contributed by atoms with Gasteiger partial charge in [0.2, 0.25) is 5.91 Å². The smallest absolute Gasteiger partial charge is 0.239 e. The van der Waals surface area contributed by atoms with E-state index in [1.54, 1.807) is 0 Å². The minimum atomic E-state index is -0.0970. The highest BCUT2D eigenvalue weighted by Crippen LogP contribution is 2.18. The van der Waals surface area contributed by atoms with Crippen molar-refractivity contribution in [3.8, 4) is 6.07 Å². The summed E-state index contributed by atoms with van der Waals surface area (Å²) >= 11 is 0. The van der Waals surface area contributed by atoms with Crippen molar-refractivity contribution in [3.63, 3.8) is 0 Å². The number of nitrogens with one attached hydrogen (secondary N) is 2. The summed E-state index contributed by atoms with van der Waals surface area (Å²) in [5.41, 5.74) is 2.18. The van der Waals surface area contributed by atoms with E-state index in [4.69, 9.17) is 5.26 Å². The highest BCUT2D eigenvalue weighted by Gasteiger charge is 2.02. The van der Waals surface area contributed by atoms with E-state index in [0.29, 0.717) is 18.9 Å². The summed E-state index contributed by atoms with van der Waals surface area (Å²) in [6.07, 6.45) is 0.342. The van der Waals surface area contributed by atoms with Crippen molar-refractivity contribution in [2.24, 2.45) is 0 Å². The van der Waals surface area contributed by atoms with E-state index in [2.05, 4.69) is 30.5 Å². The molecule has 1 amide bonds. The number of nitriles is 1. The Morgan fingerprint density at radius 2 is 2.22 bits per heavy atom.